The van der Waals surface area contributed by atoms with Crippen molar-refractivity contribution < 1.29 is 0 Å². The highest BCUT2D eigenvalue weighted by Gasteiger charge is 2.61. The summed E-state index contributed by atoms with van der Waals surface area (Å²) in [5.41, 5.74) is 15.5. The fourth-order valence-electron chi connectivity index (χ4n) is 12.9. The van der Waals surface area contributed by atoms with E-state index in [9.17, 15) is 0 Å². The lowest BCUT2D eigenvalue weighted by Gasteiger charge is -2.60. The third-order valence-electron chi connectivity index (χ3n) is 14.9. The maximum atomic E-state index is 5.57. The Balaban J connectivity index is 1.03. The van der Waals surface area contributed by atoms with Gasteiger partial charge in [0.15, 0.2) is 23.3 Å². The summed E-state index contributed by atoms with van der Waals surface area (Å²) in [4.78, 5) is 32.2. The highest BCUT2D eigenvalue weighted by Crippen LogP contribution is 2.65. The SMILES string of the molecule is Cc1cc(C)c(B(c2ccc(-c3nc(-c4ccccc4)nc(C45CC6CC(CC(c7nc(-c8ccccc8)nc(-c8ccccc8)n7)(C6)C4)C5)n3)cc2)c2c(C)cc(C)cc2C)c(C)c1. The van der Waals surface area contributed by atoms with Crippen molar-refractivity contribution in [2.75, 3.05) is 0 Å². The van der Waals surface area contributed by atoms with E-state index < -0.39 is 0 Å². The molecule has 6 aromatic carbocycles. The van der Waals surface area contributed by atoms with Gasteiger partial charge in [0.2, 0.25) is 6.71 Å². The Morgan fingerprint density at radius 3 is 1.06 bits per heavy atom. The number of rotatable bonds is 9. The van der Waals surface area contributed by atoms with Crippen LogP contribution in [0.4, 0.5) is 0 Å². The zero-order chi connectivity index (χ0) is 44.5. The summed E-state index contributed by atoms with van der Waals surface area (Å²) in [5, 5.41) is 0. The van der Waals surface area contributed by atoms with Gasteiger partial charge in [-0.1, -0.05) is 189 Å². The molecular formula is C58H55BN6. The number of nitrogens with zero attached hydrogens (tertiary/aromatic N) is 6. The van der Waals surface area contributed by atoms with Crippen LogP contribution in [-0.2, 0) is 10.8 Å². The summed E-state index contributed by atoms with van der Waals surface area (Å²) in [5.74, 6) is 5.83. The van der Waals surface area contributed by atoms with Gasteiger partial charge in [0.1, 0.15) is 11.6 Å². The number of hydrogen-bond acceptors (Lipinski definition) is 6. The molecule has 0 radical (unpaired) electrons. The van der Waals surface area contributed by atoms with E-state index in [-0.39, 0.29) is 17.5 Å². The first-order valence-electron chi connectivity index (χ1n) is 23.5. The lowest BCUT2D eigenvalue weighted by atomic mass is 9.34. The van der Waals surface area contributed by atoms with Gasteiger partial charge in [-0.2, -0.15) is 0 Å². The summed E-state index contributed by atoms with van der Waals surface area (Å²) in [6, 6.07) is 49.7. The molecule has 65 heavy (non-hydrogen) atoms. The van der Waals surface area contributed by atoms with E-state index in [1.807, 2.05) is 12.1 Å². The molecule has 4 bridgehead atoms. The van der Waals surface area contributed by atoms with E-state index in [1.165, 1.54) is 56.2 Å². The van der Waals surface area contributed by atoms with Gasteiger partial charge in [-0.25, -0.2) is 29.9 Å². The van der Waals surface area contributed by atoms with Crippen LogP contribution >= 0.6 is 0 Å². The van der Waals surface area contributed by atoms with Gasteiger partial charge in [-0.15, -0.1) is 0 Å². The van der Waals surface area contributed by atoms with Crippen LogP contribution in [0.1, 0.15) is 83.6 Å². The number of aryl methyl sites for hydroxylation is 6. The number of hydrogen-bond donors (Lipinski definition) is 0. The molecule has 2 aromatic heterocycles. The second-order valence-corrected chi connectivity index (χ2v) is 19.9. The van der Waals surface area contributed by atoms with Crippen LogP contribution in [0.5, 0.6) is 0 Å². The Hall–Kier alpha value is -6.60. The Bertz CT molecular complexity index is 2900. The molecule has 2 heterocycles. The molecule has 2 atom stereocenters. The second kappa shape index (κ2) is 16.1. The molecule has 4 fully saturated rings. The van der Waals surface area contributed by atoms with Gasteiger partial charge in [-0.05, 0) is 91.9 Å². The minimum absolute atomic E-state index is 0.0856. The summed E-state index contributed by atoms with van der Waals surface area (Å²) in [7, 11) is 0. The van der Waals surface area contributed by atoms with Crippen LogP contribution < -0.4 is 16.4 Å². The summed E-state index contributed by atoms with van der Waals surface area (Å²) in [6.45, 7) is 13.6. The molecule has 6 nitrogen and oxygen atoms in total. The van der Waals surface area contributed by atoms with Crippen molar-refractivity contribution in [1.29, 1.82) is 0 Å². The summed E-state index contributed by atoms with van der Waals surface area (Å²) >= 11 is 0. The molecule has 0 saturated heterocycles. The van der Waals surface area contributed by atoms with Crippen molar-refractivity contribution in [3.8, 4) is 45.6 Å². The molecule has 0 spiro atoms. The lowest BCUT2D eigenvalue weighted by molar-refractivity contribution is -0.0355. The van der Waals surface area contributed by atoms with E-state index in [4.69, 9.17) is 29.9 Å². The zero-order valence-electron chi connectivity index (χ0n) is 38.4. The maximum Gasteiger partial charge on any atom is 0.242 e. The van der Waals surface area contributed by atoms with Crippen LogP contribution in [0, 0.1) is 53.4 Å². The predicted molar refractivity (Wildman–Crippen MR) is 265 cm³/mol. The van der Waals surface area contributed by atoms with Gasteiger partial charge in [0.25, 0.3) is 0 Å². The van der Waals surface area contributed by atoms with Crippen molar-refractivity contribution in [1.82, 2.24) is 29.9 Å². The maximum absolute atomic E-state index is 5.57. The van der Waals surface area contributed by atoms with E-state index in [0.717, 1.165) is 89.3 Å². The third kappa shape index (κ3) is 7.49. The molecule has 4 aliphatic carbocycles. The Labute approximate surface area is 384 Å². The van der Waals surface area contributed by atoms with Gasteiger partial charge >= 0.3 is 0 Å². The molecule has 0 amide bonds. The largest absolute Gasteiger partial charge is 0.242 e. The van der Waals surface area contributed by atoms with Crippen LogP contribution in [0.3, 0.4) is 0 Å². The van der Waals surface area contributed by atoms with Crippen molar-refractivity contribution in [2.24, 2.45) is 11.8 Å². The van der Waals surface area contributed by atoms with E-state index in [0.29, 0.717) is 11.8 Å². The van der Waals surface area contributed by atoms with Gasteiger partial charge < -0.3 is 0 Å². The average Bonchev–Trinajstić information content (AvgIpc) is 3.31. The topological polar surface area (TPSA) is 77.3 Å². The minimum atomic E-state index is -0.232. The van der Waals surface area contributed by atoms with E-state index >= 15 is 0 Å². The standard InChI is InChI=1S/C58H55BN6/c1-36-26-38(3)49(39(4)27-36)59(50-40(5)28-37(2)29-41(50)6)48-24-22-47(23-25-48)54-61-53(46-20-14-9-15-21-46)64-56(65-54)58-33-42-30-43(34-58)32-57(31-42,35-58)55-62-51(44-16-10-7-11-17-44)60-52(63-55)45-18-12-8-13-19-45/h7-29,42-43H,30-35H2,1-6H3. The van der Waals surface area contributed by atoms with E-state index in [2.05, 4.69) is 169 Å². The highest BCUT2D eigenvalue weighted by atomic mass is 15.1. The molecule has 4 saturated carbocycles. The molecule has 0 aliphatic heterocycles. The lowest BCUT2D eigenvalue weighted by Crippen LogP contribution is -2.57. The Morgan fingerprint density at radius 2 is 0.723 bits per heavy atom. The first kappa shape index (κ1) is 41.1. The molecule has 8 aromatic rings. The summed E-state index contributed by atoms with van der Waals surface area (Å²) in [6.07, 6.45) is 6.42. The van der Waals surface area contributed by atoms with Crippen LogP contribution in [0.15, 0.2) is 140 Å². The molecular weight excluding hydrogens is 791 g/mol. The highest BCUT2D eigenvalue weighted by molar-refractivity contribution is 6.96. The normalized spacial score (nSPS) is 20.8. The Morgan fingerprint density at radius 1 is 0.400 bits per heavy atom. The average molecular weight is 847 g/mol. The first-order chi connectivity index (χ1) is 31.5. The zero-order valence-corrected chi connectivity index (χ0v) is 38.4. The molecule has 2 unspecified atom stereocenters. The smallest absolute Gasteiger partial charge is 0.212 e. The fraction of sp³-hybridized carbons (Fsp3) is 0.276. The molecule has 12 rings (SSSR count). The van der Waals surface area contributed by atoms with Crippen molar-refractivity contribution in [3.63, 3.8) is 0 Å². The van der Waals surface area contributed by atoms with Gasteiger partial charge in [0, 0.05) is 33.1 Å². The van der Waals surface area contributed by atoms with E-state index in [1.54, 1.807) is 0 Å². The minimum Gasteiger partial charge on any atom is -0.212 e. The van der Waals surface area contributed by atoms with Crippen molar-refractivity contribution >= 4 is 23.1 Å². The second-order valence-electron chi connectivity index (χ2n) is 19.9. The van der Waals surface area contributed by atoms with Gasteiger partial charge in [-0.3, -0.25) is 0 Å². The summed E-state index contributed by atoms with van der Waals surface area (Å²) < 4.78 is 0. The monoisotopic (exact) mass is 846 g/mol. The van der Waals surface area contributed by atoms with Crippen molar-refractivity contribution in [2.45, 2.75) is 90.9 Å². The molecule has 7 heteroatoms. The third-order valence-corrected chi connectivity index (χ3v) is 14.9. The van der Waals surface area contributed by atoms with Crippen molar-refractivity contribution in [3.05, 3.63) is 185 Å². The predicted octanol–water partition coefficient (Wildman–Crippen LogP) is 10.9. The van der Waals surface area contributed by atoms with Crippen LogP contribution in [0.25, 0.3) is 45.6 Å². The van der Waals surface area contributed by atoms with Crippen LogP contribution in [-0.4, -0.2) is 36.6 Å². The molecule has 4 aliphatic rings. The number of aromatic nitrogens is 6. The number of benzene rings is 6. The van der Waals surface area contributed by atoms with Gasteiger partial charge in [0.05, 0.1) is 0 Å². The quantitative estimate of drug-likeness (QED) is 0.135. The molecule has 0 N–H and O–H groups in total. The fourth-order valence-corrected chi connectivity index (χ4v) is 12.9. The first-order valence-corrected chi connectivity index (χ1v) is 23.5. The van der Waals surface area contributed by atoms with Crippen LogP contribution in [0.2, 0.25) is 0 Å². The Kier molecular flexibility index (Phi) is 10.2. The molecule has 320 valence electrons.